The number of sulfone groups is 1. The molecule has 262 valence electrons. The van der Waals surface area contributed by atoms with Crippen molar-refractivity contribution < 1.29 is 41.0 Å². The summed E-state index contributed by atoms with van der Waals surface area (Å²) in [6.07, 6.45) is 0.788. The number of alkyl carbamates (subject to hydrolysis) is 1. The summed E-state index contributed by atoms with van der Waals surface area (Å²) in [5, 5.41) is 4.94. The molecule has 1 aliphatic heterocycles. The number of amides is 1. The van der Waals surface area contributed by atoms with Crippen LogP contribution in [0.2, 0.25) is 0 Å². The number of ether oxygens (including phenoxy) is 3. The van der Waals surface area contributed by atoms with E-state index in [-0.39, 0.29) is 25.1 Å². The number of benzene rings is 2. The third-order valence-corrected chi connectivity index (χ3v) is 10.4. The first-order chi connectivity index (χ1) is 22.4. The summed E-state index contributed by atoms with van der Waals surface area (Å²) < 4.78 is 71.4. The van der Waals surface area contributed by atoms with E-state index >= 15 is 0 Å². The molecule has 13 heteroatoms. The first-order valence-corrected chi connectivity index (χ1v) is 18.1. The van der Waals surface area contributed by atoms with E-state index in [1.165, 1.54) is 0 Å². The lowest BCUT2D eigenvalue weighted by Crippen LogP contribution is -2.52. The third kappa shape index (κ3) is 12.8. The molecule has 2 aromatic rings. The summed E-state index contributed by atoms with van der Waals surface area (Å²) in [6.45, 7) is 6.86. The van der Waals surface area contributed by atoms with Gasteiger partial charge in [0.15, 0.2) is 9.84 Å². The van der Waals surface area contributed by atoms with Crippen LogP contribution >= 0.6 is 0 Å². The molecule has 2 aromatic carbocycles. The second kappa shape index (κ2) is 19.0. The van der Waals surface area contributed by atoms with Gasteiger partial charge < -0.3 is 30.6 Å². The first-order valence-electron chi connectivity index (χ1n) is 16.4. The van der Waals surface area contributed by atoms with Crippen LogP contribution < -0.4 is 16.4 Å². The second-order valence-electron chi connectivity index (χ2n) is 12.0. The van der Waals surface area contributed by atoms with Gasteiger partial charge in [-0.05, 0) is 54.5 Å². The Morgan fingerprint density at radius 1 is 1.02 bits per heavy atom. The highest BCUT2D eigenvalue weighted by molar-refractivity contribution is 7.92. The van der Waals surface area contributed by atoms with Crippen molar-refractivity contribution in [1.29, 1.82) is 0 Å². The number of carbonyl (C=O) groups is 2. The van der Waals surface area contributed by atoms with Gasteiger partial charge in [0.1, 0.15) is 29.9 Å². The third-order valence-electron chi connectivity index (χ3n) is 8.08. The fourth-order valence-electron chi connectivity index (χ4n) is 5.58. The topological polar surface area (TPSA) is 146 Å². The molecule has 1 saturated heterocycles. The van der Waals surface area contributed by atoms with Crippen molar-refractivity contribution in [1.82, 2.24) is 10.6 Å². The molecule has 0 radical (unpaired) electrons. The number of halogens is 2. The molecule has 0 spiro atoms. The van der Waals surface area contributed by atoms with Crippen LogP contribution in [-0.4, -0.2) is 75.5 Å². The number of nitrogens with two attached hydrogens (primary N) is 1. The van der Waals surface area contributed by atoms with Crippen LogP contribution in [0.1, 0.15) is 69.6 Å². The minimum absolute atomic E-state index is 0.0404. The highest BCUT2D eigenvalue weighted by Crippen LogP contribution is 2.19. The molecule has 1 fully saturated rings. The number of esters is 1. The Morgan fingerprint density at radius 3 is 2.32 bits per heavy atom. The summed E-state index contributed by atoms with van der Waals surface area (Å²) in [7, 11) is -3.86. The van der Waals surface area contributed by atoms with Gasteiger partial charge in [0.05, 0.1) is 24.2 Å². The first kappa shape index (κ1) is 38.3. The van der Waals surface area contributed by atoms with E-state index in [4.69, 9.17) is 19.9 Å². The summed E-state index contributed by atoms with van der Waals surface area (Å²) in [4.78, 5) is 26.6. The van der Waals surface area contributed by atoms with Crippen LogP contribution in [0.4, 0.5) is 13.6 Å². The van der Waals surface area contributed by atoms with Crippen molar-refractivity contribution >= 4 is 21.9 Å². The number of nitrogens with one attached hydrogen (secondary N) is 2. The zero-order chi connectivity index (χ0) is 34.4. The van der Waals surface area contributed by atoms with E-state index in [1.54, 1.807) is 0 Å². The van der Waals surface area contributed by atoms with Crippen LogP contribution in [0.5, 0.6) is 0 Å². The van der Waals surface area contributed by atoms with Crippen LogP contribution in [0.25, 0.3) is 0 Å². The van der Waals surface area contributed by atoms with Gasteiger partial charge in [0.2, 0.25) is 0 Å². The SMILES string of the molecule is CCCC(CCC)S(=O)(=O)C[C@H](NC(=O)O[C@H]1CCOC1)C(=O)O[C@H](CNCc1cccc(CC)c1)[C@@H](N)Cc1cc(F)cc(F)c1. The van der Waals surface area contributed by atoms with Gasteiger partial charge >= 0.3 is 12.1 Å². The van der Waals surface area contributed by atoms with E-state index in [0.717, 1.165) is 35.7 Å². The smallest absolute Gasteiger partial charge is 0.408 e. The minimum Gasteiger partial charge on any atom is -0.458 e. The molecule has 47 heavy (non-hydrogen) atoms. The Hall–Kier alpha value is -3.13. The summed E-state index contributed by atoms with van der Waals surface area (Å²) >= 11 is 0. The largest absolute Gasteiger partial charge is 0.458 e. The molecule has 10 nitrogen and oxygen atoms in total. The maximum atomic E-state index is 14.0. The molecule has 4 atom stereocenters. The monoisotopic (exact) mass is 681 g/mol. The molecule has 3 rings (SSSR count). The van der Waals surface area contributed by atoms with Gasteiger partial charge in [0.25, 0.3) is 0 Å². The molecule has 0 bridgehead atoms. The molecular formula is C34H49F2N3O7S. The van der Waals surface area contributed by atoms with Crippen molar-refractivity contribution in [3.8, 4) is 0 Å². The van der Waals surface area contributed by atoms with E-state index in [0.29, 0.717) is 45.3 Å². The second-order valence-corrected chi connectivity index (χ2v) is 14.4. The fourth-order valence-corrected chi connectivity index (χ4v) is 7.73. The van der Waals surface area contributed by atoms with E-state index in [9.17, 15) is 26.8 Å². The van der Waals surface area contributed by atoms with E-state index < -0.39 is 68.8 Å². The molecule has 0 unspecified atom stereocenters. The highest BCUT2D eigenvalue weighted by Gasteiger charge is 2.36. The quantitative estimate of drug-likeness (QED) is 0.184. The average Bonchev–Trinajstić information content (AvgIpc) is 3.52. The maximum absolute atomic E-state index is 14.0. The van der Waals surface area contributed by atoms with Crippen molar-refractivity contribution in [2.24, 2.45) is 5.73 Å². The molecule has 1 aliphatic rings. The Bertz CT molecular complexity index is 1380. The minimum atomic E-state index is -3.86. The van der Waals surface area contributed by atoms with Crippen LogP contribution in [0.15, 0.2) is 42.5 Å². The average molecular weight is 682 g/mol. The lowest BCUT2D eigenvalue weighted by atomic mass is 10.0. The highest BCUT2D eigenvalue weighted by atomic mass is 32.2. The van der Waals surface area contributed by atoms with Gasteiger partial charge in [-0.1, -0.05) is 57.9 Å². The number of rotatable bonds is 19. The van der Waals surface area contributed by atoms with Crippen LogP contribution in [0.3, 0.4) is 0 Å². The zero-order valence-electron chi connectivity index (χ0n) is 27.5. The predicted octanol–water partition coefficient (Wildman–Crippen LogP) is 4.37. The number of aryl methyl sites for hydroxylation is 1. The summed E-state index contributed by atoms with van der Waals surface area (Å²) in [6, 6.07) is 8.44. The lowest BCUT2D eigenvalue weighted by molar-refractivity contribution is -0.151. The van der Waals surface area contributed by atoms with E-state index in [1.807, 2.05) is 45.0 Å². The van der Waals surface area contributed by atoms with Gasteiger partial charge in [-0.25, -0.2) is 26.8 Å². The lowest BCUT2D eigenvalue weighted by Gasteiger charge is -2.28. The molecule has 0 aromatic heterocycles. The van der Waals surface area contributed by atoms with Gasteiger partial charge in [-0.2, -0.15) is 0 Å². The molecule has 1 amide bonds. The zero-order valence-corrected chi connectivity index (χ0v) is 28.3. The number of hydrogen-bond acceptors (Lipinski definition) is 9. The molecule has 0 saturated carbocycles. The van der Waals surface area contributed by atoms with Crippen molar-refractivity contribution in [3.63, 3.8) is 0 Å². The Labute approximate surface area is 277 Å². The standard InChI is InChI=1S/C34H49F2N3O7S/c1-4-8-29(9-5-2)47(42,43)22-31(39-34(41)45-28-12-13-44-21-28)33(40)46-32(20-38-19-24-11-7-10-23(6-3)14-24)30(37)17-25-15-26(35)18-27(36)16-25/h7,10-11,14-16,18,28-32,38H,4-6,8-9,12-13,17,19-22,37H2,1-3H3,(H,39,41)/t28-,30-,31-,32+/m0/s1. The van der Waals surface area contributed by atoms with Gasteiger partial charge in [-0.3, -0.25) is 0 Å². The summed E-state index contributed by atoms with van der Waals surface area (Å²) in [5.41, 5.74) is 8.87. The van der Waals surface area contributed by atoms with Crippen molar-refractivity contribution in [3.05, 3.63) is 70.8 Å². The molecule has 0 aliphatic carbocycles. The Balaban J connectivity index is 1.84. The molecule has 4 N–H and O–H groups in total. The molecular weight excluding hydrogens is 632 g/mol. The Kier molecular flexibility index (Phi) is 15.5. The predicted molar refractivity (Wildman–Crippen MR) is 175 cm³/mol. The fraction of sp³-hybridized carbons (Fsp3) is 0.588. The summed E-state index contributed by atoms with van der Waals surface area (Å²) in [5.74, 6) is -3.25. The van der Waals surface area contributed by atoms with Gasteiger partial charge in [0, 0.05) is 31.6 Å². The van der Waals surface area contributed by atoms with Gasteiger partial charge in [-0.15, -0.1) is 0 Å². The van der Waals surface area contributed by atoms with E-state index in [2.05, 4.69) is 10.6 Å². The van der Waals surface area contributed by atoms with Crippen molar-refractivity contribution in [2.45, 2.75) is 102 Å². The Morgan fingerprint density at radius 2 is 1.70 bits per heavy atom. The number of hydrogen-bond donors (Lipinski definition) is 3. The number of carbonyl (C=O) groups excluding carboxylic acids is 2. The van der Waals surface area contributed by atoms with Crippen molar-refractivity contribution in [2.75, 3.05) is 25.5 Å². The van der Waals surface area contributed by atoms with Crippen LogP contribution in [-0.2, 0) is 48.2 Å². The maximum Gasteiger partial charge on any atom is 0.408 e. The molecule has 1 heterocycles. The van der Waals surface area contributed by atoms with Crippen LogP contribution in [0, 0.1) is 11.6 Å². The normalized spacial score (nSPS) is 16.9.